The number of nitrogens with zero attached hydrogens (tertiary/aromatic N) is 1. The van der Waals surface area contributed by atoms with E-state index >= 15 is 0 Å². The van der Waals surface area contributed by atoms with Crippen molar-refractivity contribution in [2.45, 2.75) is 31.8 Å². The molecule has 0 spiro atoms. The molecule has 1 fully saturated rings. The van der Waals surface area contributed by atoms with E-state index in [1.807, 2.05) is 18.2 Å². The highest BCUT2D eigenvalue weighted by atomic mass is 16.5. The lowest BCUT2D eigenvalue weighted by Crippen LogP contribution is -2.37. The second-order valence-electron chi connectivity index (χ2n) is 5.28. The van der Waals surface area contributed by atoms with Crippen molar-refractivity contribution in [3.63, 3.8) is 0 Å². The molecule has 0 unspecified atom stereocenters. The first-order valence-corrected chi connectivity index (χ1v) is 6.62. The molecular weight excluding hydrogens is 210 g/mol. The van der Waals surface area contributed by atoms with Gasteiger partial charge < -0.3 is 9.64 Å². The summed E-state index contributed by atoms with van der Waals surface area (Å²) in [6.45, 7) is 1.14. The largest absolute Gasteiger partial charge is 0.490 e. The number of benzene rings is 1. The third-order valence-corrected chi connectivity index (χ3v) is 3.47. The molecule has 94 valence electrons. The first-order valence-electron chi connectivity index (χ1n) is 6.62. The summed E-state index contributed by atoms with van der Waals surface area (Å²) in [5, 5.41) is 0. The van der Waals surface area contributed by atoms with Gasteiger partial charge in [-0.2, -0.15) is 0 Å². The molecule has 1 aliphatic carbocycles. The van der Waals surface area contributed by atoms with Crippen molar-refractivity contribution in [1.29, 1.82) is 0 Å². The fourth-order valence-corrected chi connectivity index (χ4v) is 2.68. The maximum Gasteiger partial charge on any atom is 0.119 e. The number of ether oxygens (including phenoxy) is 1. The summed E-state index contributed by atoms with van der Waals surface area (Å²) in [5.74, 6) is 1.70. The third kappa shape index (κ3) is 3.74. The van der Waals surface area contributed by atoms with Crippen molar-refractivity contribution in [1.82, 2.24) is 4.90 Å². The fourth-order valence-electron chi connectivity index (χ4n) is 2.68. The molecule has 1 aliphatic rings. The molecule has 2 nitrogen and oxygen atoms in total. The Kier molecular flexibility index (Phi) is 4.43. The van der Waals surface area contributed by atoms with Crippen LogP contribution in [0.15, 0.2) is 30.3 Å². The third-order valence-electron chi connectivity index (χ3n) is 3.47. The minimum Gasteiger partial charge on any atom is -0.490 e. The van der Waals surface area contributed by atoms with Crippen LogP contribution < -0.4 is 4.74 Å². The van der Waals surface area contributed by atoms with Crippen LogP contribution in [0.3, 0.4) is 0 Å². The zero-order valence-electron chi connectivity index (χ0n) is 10.9. The average Bonchev–Trinajstić information content (AvgIpc) is 2.32. The predicted octanol–water partition coefficient (Wildman–Crippen LogP) is 3.19. The molecule has 0 saturated heterocycles. The lowest BCUT2D eigenvalue weighted by Gasteiger charge is -2.33. The molecule has 17 heavy (non-hydrogen) atoms. The van der Waals surface area contributed by atoms with Gasteiger partial charge in [-0.1, -0.05) is 24.6 Å². The highest BCUT2D eigenvalue weighted by Gasteiger charge is 2.27. The van der Waals surface area contributed by atoms with Crippen LogP contribution in [-0.4, -0.2) is 31.6 Å². The number of hydrogen-bond acceptors (Lipinski definition) is 2. The van der Waals surface area contributed by atoms with Crippen molar-refractivity contribution in [2.24, 2.45) is 5.92 Å². The predicted molar refractivity (Wildman–Crippen MR) is 71.4 cm³/mol. The highest BCUT2D eigenvalue weighted by molar-refractivity contribution is 5.21. The summed E-state index contributed by atoms with van der Waals surface area (Å²) >= 11 is 0. The zero-order chi connectivity index (χ0) is 12.1. The van der Waals surface area contributed by atoms with Crippen LogP contribution in [-0.2, 0) is 0 Å². The van der Waals surface area contributed by atoms with E-state index in [-0.39, 0.29) is 0 Å². The van der Waals surface area contributed by atoms with E-state index in [2.05, 4.69) is 31.1 Å². The first kappa shape index (κ1) is 12.4. The summed E-state index contributed by atoms with van der Waals surface area (Å²) in [4.78, 5) is 2.28. The summed E-state index contributed by atoms with van der Waals surface area (Å²) in [5.41, 5.74) is 0. The molecular formula is C15H23NO. The van der Waals surface area contributed by atoms with E-state index in [1.165, 1.54) is 25.7 Å². The second kappa shape index (κ2) is 6.06. The molecule has 0 bridgehead atoms. The molecule has 2 rings (SSSR count). The number of para-hydroxylation sites is 1. The van der Waals surface area contributed by atoms with Crippen LogP contribution in [0, 0.1) is 5.92 Å². The summed E-state index contributed by atoms with van der Waals surface area (Å²) < 4.78 is 6.14. The van der Waals surface area contributed by atoms with Crippen LogP contribution in [0.4, 0.5) is 0 Å². The second-order valence-corrected chi connectivity index (χ2v) is 5.28. The number of rotatable bonds is 4. The topological polar surface area (TPSA) is 12.5 Å². The molecule has 0 aliphatic heterocycles. The van der Waals surface area contributed by atoms with E-state index in [0.29, 0.717) is 12.0 Å². The Balaban J connectivity index is 1.96. The average molecular weight is 233 g/mol. The maximum atomic E-state index is 6.14. The SMILES string of the molecule is CN(C)C[C@@H]1CCCC[C@H]1Oc1ccccc1. The Labute approximate surface area is 105 Å². The van der Waals surface area contributed by atoms with Gasteiger partial charge in [-0.25, -0.2) is 0 Å². The Morgan fingerprint density at radius 1 is 1.12 bits per heavy atom. The molecule has 0 amide bonds. The smallest absolute Gasteiger partial charge is 0.119 e. The molecule has 0 aromatic heterocycles. The van der Waals surface area contributed by atoms with Crippen LogP contribution in [0.5, 0.6) is 5.75 Å². The maximum absolute atomic E-state index is 6.14. The van der Waals surface area contributed by atoms with Gasteiger partial charge in [0.2, 0.25) is 0 Å². The van der Waals surface area contributed by atoms with Crippen LogP contribution in [0.2, 0.25) is 0 Å². The van der Waals surface area contributed by atoms with E-state index in [9.17, 15) is 0 Å². The quantitative estimate of drug-likeness (QED) is 0.792. The molecule has 1 aromatic rings. The molecule has 2 heteroatoms. The van der Waals surface area contributed by atoms with Gasteiger partial charge >= 0.3 is 0 Å². The van der Waals surface area contributed by atoms with Gasteiger partial charge in [0, 0.05) is 12.5 Å². The van der Waals surface area contributed by atoms with E-state index in [1.54, 1.807) is 0 Å². The van der Waals surface area contributed by atoms with Crippen LogP contribution >= 0.6 is 0 Å². The first-order chi connectivity index (χ1) is 8.25. The Hall–Kier alpha value is -1.02. The van der Waals surface area contributed by atoms with Crippen molar-refractivity contribution in [3.8, 4) is 5.75 Å². The van der Waals surface area contributed by atoms with Crippen LogP contribution in [0.1, 0.15) is 25.7 Å². The van der Waals surface area contributed by atoms with E-state index < -0.39 is 0 Å². The van der Waals surface area contributed by atoms with Gasteiger partial charge in [-0.05, 0) is 45.5 Å². The normalized spacial score (nSPS) is 24.9. The van der Waals surface area contributed by atoms with Crippen LogP contribution in [0.25, 0.3) is 0 Å². The minimum absolute atomic E-state index is 0.397. The van der Waals surface area contributed by atoms with E-state index in [0.717, 1.165) is 12.3 Å². The molecule has 1 aromatic carbocycles. The van der Waals surface area contributed by atoms with Gasteiger partial charge in [-0.15, -0.1) is 0 Å². The van der Waals surface area contributed by atoms with Gasteiger partial charge in [0.05, 0.1) is 0 Å². The van der Waals surface area contributed by atoms with Crippen molar-refractivity contribution >= 4 is 0 Å². The summed E-state index contributed by atoms with van der Waals surface area (Å²) in [6, 6.07) is 10.2. The number of hydrogen-bond donors (Lipinski definition) is 0. The molecule has 0 heterocycles. The lowest BCUT2D eigenvalue weighted by atomic mass is 9.86. The molecule has 1 saturated carbocycles. The molecule has 0 radical (unpaired) electrons. The minimum atomic E-state index is 0.397. The summed E-state index contributed by atoms with van der Waals surface area (Å²) in [6.07, 6.45) is 5.56. The standard InChI is InChI=1S/C15H23NO/c1-16(2)12-13-8-6-7-11-15(13)17-14-9-4-3-5-10-14/h3-5,9-10,13,15H,6-8,11-12H2,1-2H3/t13-,15+/m0/s1. The Bertz CT molecular complexity index is 323. The van der Waals surface area contributed by atoms with Crippen molar-refractivity contribution < 1.29 is 4.74 Å². The fraction of sp³-hybridized carbons (Fsp3) is 0.600. The van der Waals surface area contributed by atoms with Crippen molar-refractivity contribution in [2.75, 3.05) is 20.6 Å². The van der Waals surface area contributed by atoms with Gasteiger partial charge in [0.15, 0.2) is 0 Å². The monoisotopic (exact) mass is 233 g/mol. The van der Waals surface area contributed by atoms with Gasteiger partial charge in [0.25, 0.3) is 0 Å². The van der Waals surface area contributed by atoms with Crippen molar-refractivity contribution in [3.05, 3.63) is 30.3 Å². The zero-order valence-corrected chi connectivity index (χ0v) is 10.9. The van der Waals surface area contributed by atoms with E-state index in [4.69, 9.17) is 4.74 Å². The molecule has 0 N–H and O–H groups in total. The highest BCUT2D eigenvalue weighted by Crippen LogP contribution is 2.28. The Morgan fingerprint density at radius 2 is 1.82 bits per heavy atom. The van der Waals surface area contributed by atoms with Gasteiger partial charge in [-0.3, -0.25) is 0 Å². The van der Waals surface area contributed by atoms with Gasteiger partial charge in [0.1, 0.15) is 11.9 Å². The summed E-state index contributed by atoms with van der Waals surface area (Å²) in [7, 11) is 4.29. The Morgan fingerprint density at radius 3 is 2.53 bits per heavy atom. The lowest BCUT2D eigenvalue weighted by molar-refractivity contribution is 0.0760. The molecule has 2 atom stereocenters.